The van der Waals surface area contributed by atoms with Crippen molar-refractivity contribution in [3.8, 4) is 0 Å². The van der Waals surface area contributed by atoms with Crippen LogP contribution in [0.1, 0.15) is 39.5 Å². The van der Waals surface area contributed by atoms with Crippen molar-refractivity contribution in [2.24, 2.45) is 11.8 Å². The molecule has 1 amide bonds. The Morgan fingerprint density at radius 3 is 2.50 bits per heavy atom. The maximum absolute atomic E-state index is 12.1. The molecule has 1 fully saturated rings. The third kappa shape index (κ3) is 4.52. The molecule has 2 N–H and O–H groups in total. The summed E-state index contributed by atoms with van der Waals surface area (Å²) in [6.45, 7) is 4.06. The van der Waals surface area contributed by atoms with Crippen LogP contribution < -0.4 is 5.32 Å². The van der Waals surface area contributed by atoms with E-state index < -0.39 is 11.9 Å². The SMILES string of the molecule is CCSCC(C)NC(=O)[C@@H]1CCCC[C@@H]1C(=O)O. The monoisotopic (exact) mass is 273 g/mol. The van der Waals surface area contributed by atoms with E-state index in [1.807, 2.05) is 6.92 Å². The summed E-state index contributed by atoms with van der Waals surface area (Å²) in [5.41, 5.74) is 0. The highest BCUT2D eigenvalue weighted by Crippen LogP contribution is 2.30. The van der Waals surface area contributed by atoms with Gasteiger partial charge in [-0.3, -0.25) is 9.59 Å². The van der Waals surface area contributed by atoms with Gasteiger partial charge in [-0.25, -0.2) is 0 Å². The Morgan fingerprint density at radius 2 is 1.94 bits per heavy atom. The topological polar surface area (TPSA) is 66.4 Å². The van der Waals surface area contributed by atoms with E-state index in [1.165, 1.54) is 0 Å². The van der Waals surface area contributed by atoms with E-state index in [0.29, 0.717) is 12.8 Å². The molecule has 5 heteroatoms. The van der Waals surface area contributed by atoms with Gasteiger partial charge in [0.05, 0.1) is 11.8 Å². The summed E-state index contributed by atoms with van der Waals surface area (Å²) in [6.07, 6.45) is 3.21. The van der Waals surface area contributed by atoms with Crippen molar-refractivity contribution in [1.82, 2.24) is 5.32 Å². The van der Waals surface area contributed by atoms with Gasteiger partial charge < -0.3 is 10.4 Å². The lowest BCUT2D eigenvalue weighted by atomic mass is 9.78. The zero-order chi connectivity index (χ0) is 13.5. The van der Waals surface area contributed by atoms with Gasteiger partial charge in [0.1, 0.15) is 0 Å². The summed E-state index contributed by atoms with van der Waals surface area (Å²) in [6, 6.07) is 0.110. The van der Waals surface area contributed by atoms with Gasteiger partial charge in [-0.2, -0.15) is 11.8 Å². The van der Waals surface area contributed by atoms with Crippen molar-refractivity contribution in [1.29, 1.82) is 0 Å². The third-order valence-corrected chi connectivity index (χ3v) is 4.52. The van der Waals surface area contributed by atoms with Gasteiger partial charge >= 0.3 is 5.97 Å². The molecule has 0 aromatic heterocycles. The molecule has 1 aliphatic rings. The maximum Gasteiger partial charge on any atom is 0.307 e. The van der Waals surface area contributed by atoms with Gasteiger partial charge in [-0.1, -0.05) is 19.8 Å². The summed E-state index contributed by atoms with van der Waals surface area (Å²) >= 11 is 1.78. The number of thioether (sulfide) groups is 1. The Labute approximate surface area is 113 Å². The van der Waals surface area contributed by atoms with E-state index in [-0.39, 0.29) is 17.9 Å². The molecule has 1 aliphatic carbocycles. The minimum Gasteiger partial charge on any atom is -0.481 e. The van der Waals surface area contributed by atoms with Crippen molar-refractivity contribution in [2.45, 2.75) is 45.6 Å². The Bertz CT molecular complexity index is 296. The number of carboxylic acids is 1. The molecule has 0 heterocycles. The number of nitrogens with one attached hydrogen (secondary N) is 1. The summed E-state index contributed by atoms with van der Waals surface area (Å²) in [4.78, 5) is 23.2. The number of amides is 1. The average molecular weight is 273 g/mol. The van der Waals surface area contributed by atoms with Gasteiger partial charge in [0.15, 0.2) is 0 Å². The zero-order valence-electron chi connectivity index (χ0n) is 11.1. The van der Waals surface area contributed by atoms with Gasteiger partial charge in [0, 0.05) is 11.8 Å². The molecule has 0 saturated heterocycles. The average Bonchev–Trinajstić information content (AvgIpc) is 2.36. The first kappa shape index (κ1) is 15.3. The van der Waals surface area contributed by atoms with Crippen molar-refractivity contribution in [3.05, 3.63) is 0 Å². The molecule has 3 atom stereocenters. The van der Waals surface area contributed by atoms with Crippen molar-refractivity contribution < 1.29 is 14.7 Å². The standard InChI is InChI=1S/C13H23NO3S/c1-3-18-8-9(2)14-12(15)10-6-4-5-7-11(10)13(16)17/h9-11H,3-8H2,1-2H3,(H,14,15)(H,16,17)/t9?,10-,11+/m1/s1. The first-order valence-electron chi connectivity index (χ1n) is 6.67. The summed E-state index contributed by atoms with van der Waals surface area (Å²) < 4.78 is 0. The summed E-state index contributed by atoms with van der Waals surface area (Å²) in [5, 5.41) is 12.1. The second kappa shape index (κ2) is 7.67. The Morgan fingerprint density at radius 1 is 1.33 bits per heavy atom. The van der Waals surface area contributed by atoms with Gasteiger partial charge in [-0.05, 0) is 25.5 Å². The van der Waals surface area contributed by atoms with Crippen molar-refractivity contribution in [2.75, 3.05) is 11.5 Å². The summed E-state index contributed by atoms with van der Waals surface area (Å²) in [7, 11) is 0. The molecule has 0 radical (unpaired) electrons. The van der Waals surface area contributed by atoms with E-state index in [0.717, 1.165) is 24.3 Å². The smallest absolute Gasteiger partial charge is 0.307 e. The van der Waals surface area contributed by atoms with E-state index in [4.69, 9.17) is 5.11 Å². The number of hydrogen-bond acceptors (Lipinski definition) is 3. The van der Waals surface area contributed by atoms with Crippen molar-refractivity contribution >= 4 is 23.6 Å². The van der Waals surface area contributed by atoms with E-state index >= 15 is 0 Å². The second-order valence-electron chi connectivity index (χ2n) is 4.90. The van der Waals surface area contributed by atoms with Crippen LogP contribution >= 0.6 is 11.8 Å². The number of carbonyl (C=O) groups excluding carboxylic acids is 1. The van der Waals surface area contributed by atoms with Crippen LogP contribution in [0.15, 0.2) is 0 Å². The highest BCUT2D eigenvalue weighted by atomic mass is 32.2. The molecule has 0 aliphatic heterocycles. The largest absolute Gasteiger partial charge is 0.481 e. The molecule has 104 valence electrons. The molecule has 0 bridgehead atoms. The Hall–Kier alpha value is -0.710. The van der Waals surface area contributed by atoms with E-state index in [2.05, 4.69) is 12.2 Å². The molecule has 18 heavy (non-hydrogen) atoms. The third-order valence-electron chi connectivity index (χ3n) is 3.38. The molecule has 4 nitrogen and oxygen atoms in total. The zero-order valence-corrected chi connectivity index (χ0v) is 12.0. The number of aliphatic carboxylic acids is 1. The predicted octanol–water partition coefficient (Wildman–Crippen LogP) is 2.14. The highest BCUT2D eigenvalue weighted by Gasteiger charge is 2.35. The van der Waals surface area contributed by atoms with Crippen LogP contribution in [0.2, 0.25) is 0 Å². The van der Waals surface area contributed by atoms with Crippen LogP contribution in [0, 0.1) is 11.8 Å². The second-order valence-corrected chi connectivity index (χ2v) is 6.22. The predicted molar refractivity (Wildman–Crippen MR) is 73.7 cm³/mol. The molecule has 0 aromatic rings. The minimum atomic E-state index is -0.828. The van der Waals surface area contributed by atoms with E-state index in [1.54, 1.807) is 11.8 Å². The van der Waals surface area contributed by atoms with Crippen LogP contribution in [-0.2, 0) is 9.59 Å². The summed E-state index contributed by atoms with van der Waals surface area (Å²) in [5.74, 6) is 0.167. The van der Waals surface area contributed by atoms with Crippen LogP contribution in [0.3, 0.4) is 0 Å². The number of carboxylic acid groups (broad SMARTS) is 1. The molecular weight excluding hydrogens is 250 g/mol. The maximum atomic E-state index is 12.1. The van der Waals surface area contributed by atoms with Crippen LogP contribution in [0.4, 0.5) is 0 Å². The quantitative estimate of drug-likeness (QED) is 0.778. The van der Waals surface area contributed by atoms with Crippen LogP contribution in [0.5, 0.6) is 0 Å². The Balaban J connectivity index is 2.50. The van der Waals surface area contributed by atoms with E-state index in [9.17, 15) is 9.59 Å². The number of rotatable bonds is 6. The van der Waals surface area contributed by atoms with Crippen LogP contribution in [0.25, 0.3) is 0 Å². The van der Waals surface area contributed by atoms with Gasteiger partial charge in [0.25, 0.3) is 0 Å². The molecular formula is C13H23NO3S. The lowest BCUT2D eigenvalue weighted by Gasteiger charge is -2.28. The Kier molecular flexibility index (Phi) is 6.54. The van der Waals surface area contributed by atoms with Crippen molar-refractivity contribution in [3.63, 3.8) is 0 Å². The lowest BCUT2D eigenvalue weighted by molar-refractivity contribution is -0.149. The minimum absolute atomic E-state index is 0.0775. The van der Waals surface area contributed by atoms with Gasteiger partial charge in [0.2, 0.25) is 5.91 Å². The highest BCUT2D eigenvalue weighted by molar-refractivity contribution is 7.99. The normalized spacial score (nSPS) is 25.4. The fourth-order valence-corrected chi connectivity index (χ4v) is 3.10. The van der Waals surface area contributed by atoms with Crippen LogP contribution in [-0.4, -0.2) is 34.5 Å². The molecule has 1 rings (SSSR count). The lowest BCUT2D eigenvalue weighted by Crippen LogP contribution is -2.43. The molecule has 1 saturated carbocycles. The first-order valence-corrected chi connectivity index (χ1v) is 7.82. The molecule has 0 aromatic carbocycles. The number of hydrogen-bond donors (Lipinski definition) is 2. The first-order chi connectivity index (χ1) is 8.56. The molecule has 0 spiro atoms. The molecule has 1 unspecified atom stereocenters. The fourth-order valence-electron chi connectivity index (χ4n) is 2.43. The fraction of sp³-hybridized carbons (Fsp3) is 0.846. The number of carbonyl (C=O) groups is 2. The van der Waals surface area contributed by atoms with Gasteiger partial charge in [-0.15, -0.1) is 0 Å².